The third-order valence-electron chi connectivity index (χ3n) is 0.189. The fraction of sp³-hybridized carbons (Fsp3) is 0.500. The molecule has 0 fully saturated rings. The molecule has 0 aromatic heterocycles. The maximum Gasteiger partial charge on any atom is 0.357 e. The molecule has 0 saturated carbocycles. The second-order valence-electron chi connectivity index (χ2n) is 0.792. The van der Waals surface area contributed by atoms with E-state index < -0.39 is 11.4 Å². The van der Waals surface area contributed by atoms with Crippen molar-refractivity contribution in [3.63, 3.8) is 0 Å². The van der Waals surface area contributed by atoms with Crippen molar-refractivity contribution in [1.82, 2.24) is 0 Å². The summed E-state index contributed by atoms with van der Waals surface area (Å²) in [5.74, 6) is 0. The lowest BCUT2D eigenvalue weighted by molar-refractivity contribution is 0.457. The quantitative estimate of drug-likeness (QED) is 0.425. The van der Waals surface area contributed by atoms with Crippen LogP contribution in [0.2, 0.25) is 0 Å². The zero-order valence-electron chi connectivity index (χ0n) is 3.58. The minimum atomic E-state index is -2.24. The highest BCUT2D eigenvalue weighted by molar-refractivity contribution is 7.82. The van der Waals surface area contributed by atoms with Gasteiger partial charge >= 0.3 is 11.4 Å². The van der Waals surface area contributed by atoms with Gasteiger partial charge in [-0.05, 0) is 12.2 Å². The molecule has 7 heavy (non-hydrogen) atoms. The molecule has 0 aromatic carbocycles. The van der Waals surface area contributed by atoms with E-state index in [-0.39, 0.29) is 5.05 Å². The summed E-state index contributed by atoms with van der Waals surface area (Å²) in [6.45, 7) is 1.42. The van der Waals surface area contributed by atoms with Crippen molar-refractivity contribution in [3.05, 3.63) is 0 Å². The third kappa shape index (κ3) is 6.00. The van der Waals surface area contributed by atoms with Gasteiger partial charge in [-0.25, -0.2) is 0 Å². The van der Waals surface area contributed by atoms with Crippen LogP contribution in [-0.4, -0.2) is 13.8 Å². The van der Waals surface area contributed by atoms with E-state index in [1.807, 2.05) is 0 Å². The summed E-state index contributed by atoms with van der Waals surface area (Å²) >= 11 is 2.06. The topological polar surface area (TPSA) is 46.5 Å². The van der Waals surface area contributed by atoms with Gasteiger partial charge in [0.25, 0.3) is 0 Å². The van der Waals surface area contributed by atoms with Crippen LogP contribution in [0.5, 0.6) is 0 Å². The van der Waals surface area contributed by atoms with Gasteiger partial charge in [0, 0.05) is 6.92 Å². The summed E-state index contributed by atoms with van der Waals surface area (Å²) in [6, 6.07) is 0. The van der Waals surface area contributed by atoms with Gasteiger partial charge in [0.05, 0.1) is 0 Å². The minimum Gasteiger partial charge on any atom is -0.373 e. The van der Waals surface area contributed by atoms with E-state index in [4.69, 9.17) is 4.55 Å². The Labute approximate surface area is 49.2 Å². The lowest BCUT2D eigenvalue weighted by atomic mass is 10.9. The van der Waals surface area contributed by atoms with Gasteiger partial charge in [-0.2, -0.15) is 4.21 Å². The first-order valence-electron chi connectivity index (χ1n) is 1.42. The zero-order valence-corrected chi connectivity index (χ0v) is 5.21. The average Bonchev–Trinajstić information content (AvgIpc) is 1.27. The van der Waals surface area contributed by atoms with Gasteiger partial charge < -0.3 is 4.18 Å². The van der Waals surface area contributed by atoms with Crippen LogP contribution < -0.4 is 0 Å². The van der Waals surface area contributed by atoms with Gasteiger partial charge in [-0.1, -0.05) is 0 Å². The lowest BCUT2D eigenvalue weighted by Gasteiger charge is -1.90. The molecule has 0 bridgehead atoms. The summed E-state index contributed by atoms with van der Waals surface area (Å²) in [7, 11) is 0. The molecule has 0 spiro atoms. The Morgan fingerprint density at radius 3 is 2.43 bits per heavy atom. The first-order chi connectivity index (χ1) is 3.13. The Morgan fingerprint density at radius 2 is 2.43 bits per heavy atom. The zero-order chi connectivity index (χ0) is 5.86. The van der Waals surface area contributed by atoms with E-state index in [2.05, 4.69) is 16.4 Å². The Morgan fingerprint density at radius 1 is 2.00 bits per heavy atom. The van der Waals surface area contributed by atoms with E-state index in [1.54, 1.807) is 0 Å². The third-order valence-corrected chi connectivity index (χ3v) is 0.770. The Balaban J connectivity index is 3.32. The summed E-state index contributed by atoms with van der Waals surface area (Å²) in [5.41, 5.74) is 0. The van der Waals surface area contributed by atoms with Crippen LogP contribution in [0.15, 0.2) is 0 Å². The van der Waals surface area contributed by atoms with Crippen molar-refractivity contribution < 1.29 is 12.9 Å². The molecule has 0 aliphatic carbocycles. The van der Waals surface area contributed by atoms with E-state index >= 15 is 0 Å². The molecule has 1 atom stereocenters. The van der Waals surface area contributed by atoms with Crippen LogP contribution >= 0.6 is 12.2 Å². The molecular weight excluding hydrogens is 136 g/mol. The largest absolute Gasteiger partial charge is 0.373 e. The monoisotopic (exact) mass is 140 g/mol. The fourth-order valence-corrected chi connectivity index (χ4v) is 0.476. The Bertz CT molecular complexity index is 87.1. The molecule has 1 N–H and O–H groups in total. The van der Waals surface area contributed by atoms with Gasteiger partial charge in [-0.15, -0.1) is 0 Å². The van der Waals surface area contributed by atoms with Crippen LogP contribution in [-0.2, 0) is 15.5 Å². The summed E-state index contributed by atoms with van der Waals surface area (Å²) < 4.78 is 21.5. The van der Waals surface area contributed by atoms with Gasteiger partial charge in [0.15, 0.2) is 5.05 Å². The second kappa shape index (κ2) is 3.06. The minimum absolute atomic E-state index is 0.0702. The molecule has 3 nitrogen and oxygen atoms in total. The van der Waals surface area contributed by atoms with Crippen LogP contribution in [0.25, 0.3) is 0 Å². The summed E-state index contributed by atoms with van der Waals surface area (Å²) in [5, 5.41) is 0.0702. The standard InChI is InChI=1S/C2H4O3S2/c1-2(6)5-7(3)4/h1H3,(H,3,4). The van der Waals surface area contributed by atoms with Gasteiger partial charge in [0.2, 0.25) is 0 Å². The predicted octanol–water partition coefficient (Wildman–Crippen LogP) is 0.487. The maximum absolute atomic E-state index is 9.61. The first kappa shape index (κ1) is 7.00. The molecule has 0 amide bonds. The highest BCUT2D eigenvalue weighted by Gasteiger charge is 1.90. The highest BCUT2D eigenvalue weighted by Crippen LogP contribution is 1.81. The molecular formula is C2H4O3S2. The number of rotatable bonds is 1. The molecule has 0 aliphatic heterocycles. The molecule has 0 rings (SSSR count). The lowest BCUT2D eigenvalue weighted by Crippen LogP contribution is -1.97. The van der Waals surface area contributed by atoms with E-state index in [9.17, 15) is 4.21 Å². The van der Waals surface area contributed by atoms with E-state index in [1.165, 1.54) is 6.92 Å². The van der Waals surface area contributed by atoms with Crippen molar-refractivity contribution in [2.24, 2.45) is 0 Å². The molecule has 42 valence electrons. The predicted molar refractivity (Wildman–Crippen MR) is 30.1 cm³/mol. The molecule has 1 unspecified atom stereocenters. The van der Waals surface area contributed by atoms with Gasteiger partial charge in [-0.3, -0.25) is 4.55 Å². The normalized spacial score (nSPS) is 12.9. The molecule has 0 heterocycles. The van der Waals surface area contributed by atoms with E-state index in [0.717, 1.165) is 0 Å². The van der Waals surface area contributed by atoms with Crippen molar-refractivity contribution in [2.75, 3.05) is 0 Å². The summed E-state index contributed by atoms with van der Waals surface area (Å²) in [6.07, 6.45) is 0. The Hall–Kier alpha value is -0.0000000000000000486. The van der Waals surface area contributed by atoms with Crippen LogP contribution in [0.1, 0.15) is 6.92 Å². The number of hydrogen-bond acceptors (Lipinski definition) is 3. The Kier molecular flexibility index (Phi) is 3.06. The fourth-order valence-electron chi connectivity index (χ4n) is 0.100. The molecule has 0 aromatic rings. The van der Waals surface area contributed by atoms with Crippen molar-refractivity contribution in [1.29, 1.82) is 0 Å². The average molecular weight is 140 g/mol. The van der Waals surface area contributed by atoms with Gasteiger partial charge in [0.1, 0.15) is 0 Å². The van der Waals surface area contributed by atoms with E-state index in [0.29, 0.717) is 0 Å². The number of thiocarbonyl (C=S) groups is 1. The summed E-state index contributed by atoms with van der Waals surface area (Å²) in [4.78, 5) is 0. The first-order valence-corrected chi connectivity index (χ1v) is 2.86. The molecule has 5 heteroatoms. The molecule has 0 radical (unpaired) electrons. The smallest absolute Gasteiger partial charge is 0.357 e. The highest BCUT2D eigenvalue weighted by atomic mass is 32.2. The van der Waals surface area contributed by atoms with Crippen molar-refractivity contribution >= 4 is 28.6 Å². The van der Waals surface area contributed by atoms with Crippen LogP contribution in [0.4, 0.5) is 0 Å². The van der Waals surface area contributed by atoms with Crippen molar-refractivity contribution in [3.8, 4) is 0 Å². The molecule has 0 saturated heterocycles. The second-order valence-corrected chi connectivity index (χ2v) is 1.97. The SMILES string of the molecule is CC(=S)OS(=O)O. The maximum atomic E-state index is 9.61. The molecule has 0 aliphatic rings. The van der Waals surface area contributed by atoms with Crippen molar-refractivity contribution in [2.45, 2.75) is 6.92 Å². The van der Waals surface area contributed by atoms with Crippen LogP contribution in [0, 0.1) is 0 Å². The number of hydrogen-bond donors (Lipinski definition) is 1. The van der Waals surface area contributed by atoms with Crippen LogP contribution in [0.3, 0.4) is 0 Å².